The molecule has 0 heterocycles. The van der Waals surface area contributed by atoms with E-state index in [9.17, 15) is 14.7 Å². The molecule has 0 aliphatic carbocycles. The van der Waals surface area contributed by atoms with Crippen molar-refractivity contribution in [1.29, 1.82) is 0 Å². The van der Waals surface area contributed by atoms with Crippen LogP contribution in [-0.4, -0.2) is 36.4 Å². The molecule has 0 saturated heterocycles. The molecular weight excluding hydrogens is 669 g/mol. The standard InChI is InChI=1S/C49H78O5/c1-3-5-7-9-11-13-15-17-19-21-23-24-26-28-30-32-34-36-38-40-42-44-49(52)54-47(45-50)46-53-48(51)43-41-39-37-35-33-31-29-27-25-22-20-18-16-14-12-10-8-6-4-2/h5,7,11-14,17-20,23-25,27-28,30,34,36,47,50H,3-4,6,8-10,15-16,21-22,26,29,31-33,35,37-46H2,1-2H3/b7-5-,13-11-,14-12-,19-17-,20-18-,24-23-,27-25-,30-28-,36-34-. The third-order valence-electron chi connectivity index (χ3n) is 8.55. The van der Waals surface area contributed by atoms with Crippen LogP contribution in [0.25, 0.3) is 0 Å². The van der Waals surface area contributed by atoms with Gasteiger partial charge < -0.3 is 14.6 Å². The summed E-state index contributed by atoms with van der Waals surface area (Å²) in [6.45, 7) is 3.93. The quantitative estimate of drug-likeness (QED) is 0.0389. The minimum Gasteiger partial charge on any atom is -0.462 e. The molecule has 1 atom stereocenters. The molecule has 5 heteroatoms. The van der Waals surface area contributed by atoms with Crippen LogP contribution in [0.5, 0.6) is 0 Å². The highest BCUT2D eigenvalue weighted by Gasteiger charge is 2.16. The molecule has 5 nitrogen and oxygen atoms in total. The summed E-state index contributed by atoms with van der Waals surface area (Å²) in [5, 5.41) is 9.58. The molecule has 54 heavy (non-hydrogen) atoms. The van der Waals surface area contributed by atoms with E-state index in [4.69, 9.17) is 9.47 Å². The second kappa shape index (κ2) is 44.0. The zero-order valence-corrected chi connectivity index (χ0v) is 34.4. The van der Waals surface area contributed by atoms with Gasteiger partial charge in [0.05, 0.1) is 6.61 Å². The van der Waals surface area contributed by atoms with Crippen LogP contribution in [0.2, 0.25) is 0 Å². The fourth-order valence-electron chi connectivity index (χ4n) is 5.33. The van der Waals surface area contributed by atoms with Crippen molar-refractivity contribution >= 4 is 11.9 Å². The summed E-state index contributed by atoms with van der Waals surface area (Å²) in [4.78, 5) is 24.3. The Labute approximate surface area is 331 Å². The Morgan fingerprint density at radius 1 is 0.444 bits per heavy atom. The topological polar surface area (TPSA) is 72.8 Å². The lowest BCUT2D eigenvalue weighted by Gasteiger charge is -2.15. The van der Waals surface area contributed by atoms with E-state index in [0.29, 0.717) is 12.8 Å². The molecule has 1 unspecified atom stereocenters. The van der Waals surface area contributed by atoms with Crippen LogP contribution in [0.4, 0.5) is 0 Å². The first kappa shape index (κ1) is 50.6. The average molecular weight is 747 g/mol. The maximum Gasteiger partial charge on any atom is 0.306 e. The predicted molar refractivity (Wildman–Crippen MR) is 232 cm³/mol. The second-order valence-electron chi connectivity index (χ2n) is 13.7. The lowest BCUT2D eigenvalue weighted by molar-refractivity contribution is -0.161. The Bertz CT molecular complexity index is 1120. The molecule has 0 bridgehead atoms. The first-order valence-corrected chi connectivity index (χ1v) is 21.4. The first-order chi connectivity index (χ1) is 26.6. The number of aliphatic hydroxyl groups is 1. The van der Waals surface area contributed by atoms with E-state index < -0.39 is 6.10 Å². The van der Waals surface area contributed by atoms with E-state index in [0.717, 1.165) is 89.9 Å². The Morgan fingerprint density at radius 3 is 1.24 bits per heavy atom. The molecule has 0 fully saturated rings. The molecule has 0 aromatic rings. The first-order valence-electron chi connectivity index (χ1n) is 21.4. The van der Waals surface area contributed by atoms with Gasteiger partial charge in [-0.15, -0.1) is 0 Å². The predicted octanol–water partition coefficient (Wildman–Crippen LogP) is 13.8. The van der Waals surface area contributed by atoms with Crippen molar-refractivity contribution in [3.05, 3.63) is 109 Å². The number of carbonyl (C=O) groups is 2. The molecule has 0 radical (unpaired) electrons. The van der Waals surface area contributed by atoms with Gasteiger partial charge in [-0.05, 0) is 103 Å². The van der Waals surface area contributed by atoms with E-state index in [2.05, 4.69) is 123 Å². The van der Waals surface area contributed by atoms with Gasteiger partial charge in [-0.25, -0.2) is 0 Å². The smallest absolute Gasteiger partial charge is 0.306 e. The van der Waals surface area contributed by atoms with E-state index in [1.807, 2.05) is 0 Å². The van der Waals surface area contributed by atoms with E-state index in [-0.39, 0.29) is 31.6 Å². The summed E-state index contributed by atoms with van der Waals surface area (Å²) in [6.07, 6.45) is 62.9. The van der Waals surface area contributed by atoms with Crippen molar-refractivity contribution in [1.82, 2.24) is 0 Å². The summed E-state index contributed by atoms with van der Waals surface area (Å²) < 4.78 is 10.6. The number of carbonyl (C=O) groups excluding carboxylic acids is 2. The molecule has 0 saturated carbocycles. The number of allylic oxidation sites excluding steroid dienone is 18. The SMILES string of the molecule is CC/C=C\C/C=C\C/C=C\C/C=C\C/C=C\C/C=C\CCCCC(=O)OC(CO)COC(=O)CCCCCCCC/C=C\C/C=C\C/C=C\CCCCC. The van der Waals surface area contributed by atoms with Crippen LogP contribution >= 0.6 is 0 Å². The van der Waals surface area contributed by atoms with Gasteiger partial charge in [0, 0.05) is 12.8 Å². The molecule has 304 valence electrons. The third kappa shape index (κ3) is 41.3. The van der Waals surface area contributed by atoms with Gasteiger partial charge in [0.15, 0.2) is 6.10 Å². The number of hydrogen-bond donors (Lipinski definition) is 1. The van der Waals surface area contributed by atoms with Crippen molar-refractivity contribution < 1.29 is 24.2 Å². The minimum atomic E-state index is -0.808. The Balaban J connectivity index is 3.71. The summed E-state index contributed by atoms with van der Waals surface area (Å²) in [6, 6.07) is 0. The Morgan fingerprint density at radius 2 is 0.796 bits per heavy atom. The van der Waals surface area contributed by atoms with Crippen LogP contribution in [0.15, 0.2) is 109 Å². The molecule has 0 aromatic carbocycles. The molecule has 0 aromatic heterocycles. The van der Waals surface area contributed by atoms with E-state index in [1.165, 1.54) is 44.9 Å². The van der Waals surface area contributed by atoms with Crippen molar-refractivity contribution in [2.45, 2.75) is 174 Å². The largest absolute Gasteiger partial charge is 0.462 e. The fraction of sp³-hybridized carbons (Fsp3) is 0.592. The van der Waals surface area contributed by atoms with Gasteiger partial charge in [-0.3, -0.25) is 9.59 Å². The number of rotatable bonds is 37. The monoisotopic (exact) mass is 747 g/mol. The highest BCUT2D eigenvalue weighted by Crippen LogP contribution is 2.11. The Kier molecular flexibility index (Phi) is 41.2. The minimum absolute atomic E-state index is 0.0981. The number of hydrogen-bond acceptors (Lipinski definition) is 5. The van der Waals surface area contributed by atoms with Crippen molar-refractivity contribution in [2.75, 3.05) is 13.2 Å². The third-order valence-corrected chi connectivity index (χ3v) is 8.55. The van der Waals surface area contributed by atoms with Gasteiger partial charge in [0.25, 0.3) is 0 Å². The molecular formula is C49H78O5. The normalized spacial score (nSPS) is 13.3. The number of unbranched alkanes of at least 4 members (excludes halogenated alkanes) is 11. The van der Waals surface area contributed by atoms with Crippen LogP contribution < -0.4 is 0 Å². The summed E-state index contributed by atoms with van der Waals surface area (Å²) in [5.74, 6) is -0.667. The fourth-order valence-corrected chi connectivity index (χ4v) is 5.33. The summed E-state index contributed by atoms with van der Waals surface area (Å²) >= 11 is 0. The van der Waals surface area contributed by atoms with Crippen LogP contribution in [0.1, 0.15) is 168 Å². The number of esters is 2. The van der Waals surface area contributed by atoms with Gasteiger partial charge in [0.2, 0.25) is 0 Å². The maximum atomic E-state index is 12.2. The molecule has 0 aliphatic rings. The number of ether oxygens (including phenoxy) is 2. The van der Waals surface area contributed by atoms with Crippen molar-refractivity contribution in [2.24, 2.45) is 0 Å². The highest BCUT2D eigenvalue weighted by molar-refractivity contribution is 5.70. The molecule has 0 aliphatic heterocycles. The average Bonchev–Trinajstić information content (AvgIpc) is 3.17. The molecule has 1 N–H and O–H groups in total. The van der Waals surface area contributed by atoms with Gasteiger partial charge in [0.1, 0.15) is 6.61 Å². The zero-order chi connectivity index (χ0) is 39.3. The Hall–Kier alpha value is -3.44. The van der Waals surface area contributed by atoms with Crippen LogP contribution in [0.3, 0.4) is 0 Å². The van der Waals surface area contributed by atoms with E-state index >= 15 is 0 Å². The van der Waals surface area contributed by atoms with Gasteiger partial charge in [-0.1, -0.05) is 162 Å². The van der Waals surface area contributed by atoms with Crippen LogP contribution in [-0.2, 0) is 19.1 Å². The summed E-state index contributed by atoms with van der Waals surface area (Å²) in [5.41, 5.74) is 0. The molecule has 0 rings (SSSR count). The molecule has 0 spiro atoms. The molecule has 0 amide bonds. The number of aliphatic hydroxyl groups excluding tert-OH is 1. The van der Waals surface area contributed by atoms with Crippen molar-refractivity contribution in [3.8, 4) is 0 Å². The van der Waals surface area contributed by atoms with Crippen LogP contribution in [0, 0.1) is 0 Å². The lowest BCUT2D eigenvalue weighted by atomic mass is 10.1. The lowest BCUT2D eigenvalue weighted by Crippen LogP contribution is -2.28. The highest BCUT2D eigenvalue weighted by atomic mass is 16.6. The maximum absolute atomic E-state index is 12.2. The van der Waals surface area contributed by atoms with E-state index in [1.54, 1.807) is 0 Å². The second-order valence-corrected chi connectivity index (χ2v) is 13.7. The van der Waals surface area contributed by atoms with Gasteiger partial charge >= 0.3 is 11.9 Å². The van der Waals surface area contributed by atoms with Crippen molar-refractivity contribution in [3.63, 3.8) is 0 Å². The van der Waals surface area contributed by atoms with Gasteiger partial charge in [-0.2, -0.15) is 0 Å². The summed E-state index contributed by atoms with van der Waals surface area (Å²) in [7, 11) is 0. The zero-order valence-electron chi connectivity index (χ0n) is 34.4.